The molecule has 5 N–H and O–H groups in total. The van der Waals surface area contributed by atoms with Crippen LogP contribution in [0.4, 0.5) is 5.69 Å². The molecule has 3 aromatic carbocycles. The number of anilines is 1. The number of carbonyl (C=O) groups excluding carboxylic acids is 1. The quantitative estimate of drug-likeness (QED) is 0.0920. The molecule has 1 unspecified atom stereocenters. The van der Waals surface area contributed by atoms with Crippen LogP contribution in [0.1, 0.15) is 29.9 Å². The maximum absolute atomic E-state index is 13.2. The first kappa shape index (κ1) is 28.5. The number of nitrogen functional groups attached to an aromatic ring is 1. The number of aromatic amines is 1. The Kier molecular flexibility index (Phi) is 8.46. The van der Waals surface area contributed by atoms with E-state index in [9.17, 15) is 9.59 Å². The van der Waals surface area contributed by atoms with Gasteiger partial charge in [0, 0.05) is 12.5 Å². The van der Waals surface area contributed by atoms with Gasteiger partial charge in [-0.05, 0) is 42.0 Å². The molecule has 0 fully saturated rings. The van der Waals surface area contributed by atoms with Gasteiger partial charge in [0.15, 0.2) is 23.1 Å². The largest absolute Gasteiger partial charge is 0.494 e. The first-order valence-electron chi connectivity index (χ1n) is 12.3. The highest BCUT2D eigenvalue weighted by Crippen LogP contribution is 2.42. The molecule has 13 nitrogen and oxygen atoms in total. The number of rotatable bonds is 11. The van der Waals surface area contributed by atoms with Crippen molar-refractivity contribution in [2.45, 2.75) is 13.0 Å². The number of H-pyrrole nitrogens is 1. The van der Waals surface area contributed by atoms with Crippen LogP contribution in [0.2, 0.25) is 0 Å². The Morgan fingerprint density at radius 1 is 0.951 bits per heavy atom. The lowest BCUT2D eigenvalue weighted by Gasteiger charge is -2.23. The minimum Gasteiger partial charge on any atom is -0.494 e. The van der Waals surface area contributed by atoms with E-state index in [2.05, 4.69) is 15.4 Å². The molecule has 0 saturated carbocycles. The normalized spacial score (nSPS) is 11.3. The predicted molar refractivity (Wildman–Crippen MR) is 151 cm³/mol. The van der Waals surface area contributed by atoms with Crippen LogP contribution in [0.3, 0.4) is 0 Å². The van der Waals surface area contributed by atoms with Crippen LogP contribution >= 0.6 is 0 Å². The maximum atomic E-state index is 13.2. The average molecular weight is 563 g/mol. The van der Waals surface area contributed by atoms with Crippen LogP contribution < -0.4 is 40.4 Å². The number of aromatic nitrogens is 3. The Balaban J connectivity index is 1.97. The van der Waals surface area contributed by atoms with Crippen molar-refractivity contribution >= 4 is 17.5 Å². The van der Waals surface area contributed by atoms with Crippen molar-refractivity contribution in [3.63, 3.8) is 0 Å². The third kappa shape index (κ3) is 5.78. The van der Waals surface area contributed by atoms with E-state index >= 15 is 0 Å². The number of carbonyl (C=O) groups is 1. The molecule has 0 amide bonds. The molecule has 0 aliphatic carbocycles. The highest BCUT2D eigenvalue weighted by atomic mass is 16.5. The number of methoxy groups -OCH3 is 4. The van der Waals surface area contributed by atoms with E-state index in [0.717, 1.165) is 0 Å². The highest BCUT2D eigenvalue weighted by molar-refractivity contribution is 6.02. The summed E-state index contributed by atoms with van der Waals surface area (Å²) < 4.78 is 28.6. The summed E-state index contributed by atoms with van der Waals surface area (Å²) in [7, 11) is 5.93. The number of esters is 1. The number of hydrogen-bond donors (Lipinski definition) is 4. The first-order chi connectivity index (χ1) is 19.7. The van der Waals surface area contributed by atoms with E-state index in [4.69, 9.17) is 34.8 Å². The lowest BCUT2D eigenvalue weighted by Crippen LogP contribution is -2.21. The molecule has 0 aliphatic rings. The Morgan fingerprint density at radius 3 is 2.17 bits per heavy atom. The molecule has 1 aromatic heterocycles. The van der Waals surface area contributed by atoms with Gasteiger partial charge in [0.25, 0.3) is 0 Å². The van der Waals surface area contributed by atoms with E-state index < -0.39 is 17.7 Å². The minimum atomic E-state index is -0.915. The number of para-hydroxylation sites is 3. The molecule has 1 atom stereocenters. The second-order valence-corrected chi connectivity index (χ2v) is 8.62. The van der Waals surface area contributed by atoms with Gasteiger partial charge in [-0.1, -0.05) is 18.2 Å². The molecule has 0 aliphatic heterocycles. The molecule has 1 heterocycles. The summed E-state index contributed by atoms with van der Waals surface area (Å²) in [6.45, 7) is 1.26. The molecular weight excluding hydrogens is 532 g/mol. The van der Waals surface area contributed by atoms with Crippen LogP contribution in [-0.4, -0.2) is 55.0 Å². The summed E-state index contributed by atoms with van der Waals surface area (Å²) in [6.07, 6.45) is 0. The number of ether oxygens (including phenoxy) is 5. The Labute approximate surface area is 235 Å². The molecule has 13 heteroatoms. The van der Waals surface area contributed by atoms with E-state index in [1.165, 1.54) is 40.0 Å². The van der Waals surface area contributed by atoms with Gasteiger partial charge < -0.3 is 34.7 Å². The van der Waals surface area contributed by atoms with Crippen molar-refractivity contribution in [2.75, 3.05) is 33.8 Å². The predicted octanol–water partition coefficient (Wildman–Crippen LogP) is 3.01. The van der Waals surface area contributed by atoms with E-state index in [-0.39, 0.29) is 28.7 Å². The summed E-state index contributed by atoms with van der Waals surface area (Å²) in [5, 5.41) is 16.0. The van der Waals surface area contributed by atoms with Gasteiger partial charge in [0.2, 0.25) is 5.75 Å². The Hall–Kier alpha value is -5.46. The molecule has 0 saturated heterocycles. The topological polar surface area (TPSA) is 176 Å². The Morgan fingerprint density at radius 2 is 1.59 bits per heavy atom. The summed E-state index contributed by atoms with van der Waals surface area (Å²) in [6, 6.07) is 14.1. The molecule has 214 valence electrons. The van der Waals surface area contributed by atoms with E-state index in [1.54, 1.807) is 54.6 Å². The third-order valence-electron chi connectivity index (χ3n) is 6.10. The van der Waals surface area contributed by atoms with Crippen LogP contribution in [-0.2, 0) is 4.79 Å². The first-order valence-corrected chi connectivity index (χ1v) is 12.3. The number of nitrogens with zero attached hydrogens (tertiary/aromatic N) is 2. The fourth-order valence-electron chi connectivity index (χ4n) is 4.30. The molecular formula is C28H30N6O7. The Bertz CT molecular complexity index is 1620. The van der Waals surface area contributed by atoms with Gasteiger partial charge in [0.1, 0.15) is 23.3 Å². The molecule has 41 heavy (non-hydrogen) atoms. The van der Waals surface area contributed by atoms with Crippen LogP contribution in [0.15, 0.2) is 59.4 Å². The van der Waals surface area contributed by atoms with Crippen LogP contribution in [0, 0.1) is 5.41 Å². The third-order valence-corrected chi connectivity index (χ3v) is 6.10. The van der Waals surface area contributed by atoms with Crippen molar-refractivity contribution in [1.82, 2.24) is 14.8 Å². The zero-order valence-electron chi connectivity index (χ0n) is 23.1. The average Bonchev–Trinajstić information content (AvgIpc) is 3.35. The number of benzene rings is 3. The minimum absolute atomic E-state index is 0.120. The van der Waals surface area contributed by atoms with Crippen molar-refractivity contribution in [3.8, 4) is 34.4 Å². The van der Waals surface area contributed by atoms with Crippen LogP contribution in [0.5, 0.6) is 28.7 Å². The summed E-state index contributed by atoms with van der Waals surface area (Å²) in [4.78, 5) is 27.9. The monoisotopic (exact) mass is 562 g/mol. The van der Waals surface area contributed by atoms with Crippen molar-refractivity contribution < 1.29 is 28.5 Å². The molecule has 0 bridgehead atoms. The second kappa shape index (κ2) is 12.2. The van der Waals surface area contributed by atoms with Gasteiger partial charge in [-0.3, -0.25) is 15.2 Å². The zero-order valence-corrected chi connectivity index (χ0v) is 23.1. The maximum Gasteiger partial charge on any atom is 0.348 e. The summed E-state index contributed by atoms with van der Waals surface area (Å²) >= 11 is 0. The highest BCUT2D eigenvalue weighted by Gasteiger charge is 2.27. The van der Waals surface area contributed by atoms with E-state index in [0.29, 0.717) is 34.2 Å². The van der Waals surface area contributed by atoms with E-state index in [1.807, 2.05) is 0 Å². The molecule has 4 aromatic rings. The van der Waals surface area contributed by atoms with Gasteiger partial charge in [-0.25, -0.2) is 4.79 Å². The van der Waals surface area contributed by atoms with Crippen molar-refractivity contribution in [2.24, 2.45) is 5.73 Å². The summed E-state index contributed by atoms with van der Waals surface area (Å²) in [5.74, 6) is 0.918. The fourth-order valence-corrected chi connectivity index (χ4v) is 4.30. The van der Waals surface area contributed by atoms with Gasteiger partial charge in [-0.2, -0.15) is 4.68 Å². The van der Waals surface area contributed by atoms with Gasteiger partial charge in [-0.15, -0.1) is 5.10 Å². The van der Waals surface area contributed by atoms with Gasteiger partial charge in [0.05, 0.1) is 34.1 Å². The standard InChI is InChI=1S/C28H30N6O7/c1-15(35)41-20-12-8-9-17(26(29)30)24(20)31-23(16-13-21(38-3)25(40-5)22(14-16)39-4)27-32-28(36)34(33-27)18-10-6-7-11-19(18)37-2/h6-14,23,31H,1-5H3,(H3,29,30)(H,32,33,36). The van der Waals surface area contributed by atoms with Crippen molar-refractivity contribution in [1.29, 1.82) is 5.41 Å². The SMILES string of the molecule is COc1ccccc1-n1nc(C(Nc2c(OC(C)=O)cccc2C(=N)N)c2cc(OC)c(OC)c(OC)c2)[nH]c1=O. The van der Waals surface area contributed by atoms with Gasteiger partial charge >= 0.3 is 11.7 Å². The molecule has 0 radical (unpaired) electrons. The second-order valence-electron chi connectivity index (χ2n) is 8.62. The lowest BCUT2D eigenvalue weighted by atomic mass is 10.0. The van der Waals surface area contributed by atoms with Crippen LogP contribution in [0.25, 0.3) is 5.69 Å². The number of hydrogen-bond acceptors (Lipinski definition) is 10. The lowest BCUT2D eigenvalue weighted by molar-refractivity contribution is -0.131. The summed E-state index contributed by atoms with van der Waals surface area (Å²) in [5.41, 5.74) is 6.76. The number of nitrogens with one attached hydrogen (secondary N) is 3. The smallest absolute Gasteiger partial charge is 0.348 e. The molecule has 4 rings (SSSR count). The fraction of sp³-hybridized carbons (Fsp3) is 0.214. The number of amidine groups is 1. The molecule has 0 spiro atoms. The van der Waals surface area contributed by atoms with Crippen molar-refractivity contribution in [3.05, 3.63) is 82.0 Å². The number of nitrogens with two attached hydrogens (primary N) is 1. The zero-order chi connectivity index (χ0) is 29.7.